The molecule has 4 aromatic rings. The van der Waals surface area contributed by atoms with Gasteiger partial charge in [-0.05, 0) is 47.2 Å². The van der Waals surface area contributed by atoms with Crippen molar-refractivity contribution in [2.45, 2.75) is 55.9 Å². The van der Waals surface area contributed by atoms with Gasteiger partial charge in [-0.1, -0.05) is 97.1 Å². The molecule has 46 heavy (non-hydrogen) atoms. The van der Waals surface area contributed by atoms with Crippen LogP contribution < -0.4 is 16.0 Å². The third-order valence-electron chi connectivity index (χ3n) is 9.98. The number of carbonyl (C=O) groups excluding carboxylic acids is 1. The first kappa shape index (κ1) is 30.6. The first-order valence-electron chi connectivity index (χ1n) is 16.3. The molecule has 0 aliphatic carbocycles. The van der Waals surface area contributed by atoms with E-state index in [2.05, 4.69) is 63.6 Å². The van der Waals surface area contributed by atoms with Gasteiger partial charge in [0.25, 0.3) is 0 Å². The van der Waals surface area contributed by atoms with Crippen molar-refractivity contribution in [3.8, 4) is 0 Å². The minimum atomic E-state index is -0.565. The number of para-hydroxylation sites is 1. The molecular formula is C38H42N4O4. The Kier molecular flexibility index (Phi) is 8.88. The number of benzene rings is 4. The molecule has 3 heterocycles. The Morgan fingerprint density at radius 2 is 1.41 bits per heavy atom. The summed E-state index contributed by atoms with van der Waals surface area (Å²) in [6.07, 6.45) is 0.448. The monoisotopic (exact) mass is 618 g/mol. The lowest BCUT2D eigenvalue weighted by Gasteiger charge is -2.47. The fourth-order valence-corrected chi connectivity index (χ4v) is 7.37. The first-order valence-corrected chi connectivity index (χ1v) is 16.3. The third-order valence-corrected chi connectivity index (χ3v) is 9.98. The van der Waals surface area contributed by atoms with Crippen molar-refractivity contribution >= 4 is 11.6 Å². The van der Waals surface area contributed by atoms with Gasteiger partial charge in [-0.25, -0.2) is 0 Å². The number of hydrogen-bond acceptors (Lipinski definition) is 7. The average molecular weight is 619 g/mol. The number of nitrogens with zero attached hydrogens (tertiary/aromatic N) is 2. The van der Waals surface area contributed by atoms with Crippen molar-refractivity contribution in [2.75, 3.05) is 31.2 Å². The minimum Gasteiger partial charge on any atom is -0.392 e. The summed E-state index contributed by atoms with van der Waals surface area (Å²) >= 11 is 0. The van der Waals surface area contributed by atoms with Crippen LogP contribution >= 0.6 is 0 Å². The van der Waals surface area contributed by atoms with E-state index in [0.717, 1.165) is 59.4 Å². The van der Waals surface area contributed by atoms with E-state index in [0.29, 0.717) is 19.8 Å². The Bertz CT molecular complexity index is 1590. The Balaban J connectivity index is 1.19. The van der Waals surface area contributed by atoms with E-state index in [4.69, 9.17) is 15.2 Å². The summed E-state index contributed by atoms with van der Waals surface area (Å²) in [6, 6.07) is 36.9. The van der Waals surface area contributed by atoms with Crippen LogP contribution in [0.25, 0.3) is 0 Å². The molecule has 8 heteroatoms. The molecule has 1 spiro atoms. The molecule has 1 unspecified atom stereocenters. The molecule has 1 amide bonds. The lowest BCUT2D eigenvalue weighted by atomic mass is 9.82. The number of piperidine rings is 1. The van der Waals surface area contributed by atoms with Gasteiger partial charge in [-0.2, -0.15) is 0 Å². The van der Waals surface area contributed by atoms with Gasteiger partial charge in [0.2, 0.25) is 5.91 Å². The predicted octanol–water partition coefficient (Wildman–Crippen LogP) is 5.01. The Morgan fingerprint density at radius 3 is 2.07 bits per heavy atom. The number of amides is 1. The topological polar surface area (TPSA) is 100 Å². The van der Waals surface area contributed by atoms with Gasteiger partial charge < -0.3 is 35.4 Å². The maximum atomic E-state index is 13.3. The molecule has 3 saturated heterocycles. The standard InChI is InChI=1S/C38H42N4O4/c39-23-27-11-17-31(18-12-27)36-45-33(34(29-7-3-1-4-8-29)35(46-36)30-15-13-28(25-43)14-16-30)24-41-21-19-38(20-22-41)37(44)40-26-42(38)32-9-5-2-6-10-32/h1-18,33-36,43H,19-26,39H2,(H,40,44)/t33-,34-,35+,36?/m1/s1. The summed E-state index contributed by atoms with van der Waals surface area (Å²) in [5, 5.41) is 12.8. The first-order chi connectivity index (χ1) is 22.6. The summed E-state index contributed by atoms with van der Waals surface area (Å²) in [5.74, 6) is 0.0417. The number of rotatable bonds is 8. The summed E-state index contributed by atoms with van der Waals surface area (Å²) in [5.41, 5.74) is 11.5. The average Bonchev–Trinajstić information content (AvgIpc) is 3.44. The molecule has 238 valence electrons. The van der Waals surface area contributed by atoms with E-state index in [1.807, 2.05) is 60.7 Å². The SMILES string of the molecule is NCc1ccc(C2O[C@H](CN3CCC4(CC3)C(=O)NCN4c3ccccc3)[C@@H](c3ccccc3)[C@H](c3ccc(CO)cc3)O2)cc1. The van der Waals surface area contributed by atoms with Crippen molar-refractivity contribution in [1.82, 2.24) is 10.2 Å². The van der Waals surface area contributed by atoms with Crippen LogP contribution in [0.15, 0.2) is 109 Å². The van der Waals surface area contributed by atoms with Gasteiger partial charge in [0.1, 0.15) is 5.54 Å². The van der Waals surface area contributed by atoms with Crippen LogP contribution in [0.4, 0.5) is 5.69 Å². The van der Waals surface area contributed by atoms with Gasteiger partial charge in [0, 0.05) is 43.3 Å². The van der Waals surface area contributed by atoms with Gasteiger partial charge in [0.15, 0.2) is 6.29 Å². The number of anilines is 1. The van der Waals surface area contributed by atoms with E-state index < -0.39 is 11.8 Å². The van der Waals surface area contributed by atoms with E-state index >= 15 is 0 Å². The van der Waals surface area contributed by atoms with Crippen molar-refractivity contribution in [2.24, 2.45) is 5.73 Å². The van der Waals surface area contributed by atoms with E-state index in [1.54, 1.807) is 0 Å². The zero-order chi connectivity index (χ0) is 31.5. The Labute approximate surface area is 270 Å². The largest absolute Gasteiger partial charge is 0.392 e. The summed E-state index contributed by atoms with van der Waals surface area (Å²) < 4.78 is 13.8. The minimum absolute atomic E-state index is 0.00799. The third kappa shape index (κ3) is 5.95. The van der Waals surface area contributed by atoms with E-state index in [-0.39, 0.29) is 30.6 Å². The molecule has 8 nitrogen and oxygen atoms in total. The van der Waals surface area contributed by atoms with Crippen molar-refractivity contribution in [3.05, 3.63) is 137 Å². The van der Waals surface area contributed by atoms with Crippen LogP contribution in [0.3, 0.4) is 0 Å². The second-order valence-corrected chi connectivity index (χ2v) is 12.6. The fourth-order valence-electron chi connectivity index (χ4n) is 7.37. The number of likely N-dealkylation sites (tertiary alicyclic amines) is 1. The molecule has 0 radical (unpaired) electrons. The number of aliphatic hydroxyl groups is 1. The lowest BCUT2D eigenvalue weighted by molar-refractivity contribution is -0.264. The molecule has 7 rings (SSSR count). The number of aliphatic hydroxyl groups excluding tert-OH is 1. The van der Waals surface area contributed by atoms with E-state index in [9.17, 15) is 9.90 Å². The molecule has 0 aromatic heterocycles. The second kappa shape index (κ2) is 13.4. The quantitative estimate of drug-likeness (QED) is 0.256. The van der Waals surface area contributed by atoms with Gasteiger partial charge in [0.05, 0.1) is 25.5 Å². The maximum absolute atomic E-state index is 13.3. The number of ether oxygens (including phenoxy) is 2. The molecule has 4 N–H and O–H groups in total. The molecule has 4 aromatic carbocycles. The van der Waals surface area contributed by atoms with Crippen molar-refractivity contribution in [3.63, 3.8) is 0 Å². The number of nitrogens with one attached hydrogen (secondary N) is 1. The van der Waals surface area contributed by atoms with Crippen LogP contribution in [0.5, 0.6) is 0 Å². The smallest absolute Gasteiger partial charge is 0.247 e. The van der Waals surface area contributed by atoms with Crippen molar-refractivity contribution in [1.29, 1.82) is 0 Å². The predicted molar refractivity (Wildman–Crippen MR) is 178 cm³/mol. The zero-order valence-corrected chi connectivity index (χ0v) is 26.0. The summed E-state index contributed by atoms with van der Waals surface area (Å²) in [7, 11) is 0. The van der Waals surface area contributed by atoms with Crippen LogP contribution in [0.2, 0.25) is 0 Å². The molecule has 3 aliphatic heterocycles. The van der Waals surface area contributed by atoms with E-state index in [1.165, 1.54) is 0 Å². The highest BCUT2D eigenvalue weighted by Gasteiger charge is 2.51. The highest BCUT2D eigenvalue weighted by Crippen LogP contribution is 2.47. The number of hydrogen-bond donors (Lipinski definition) is 3. The molecule has 3 aliphatic rings. The fraction of sp³-hybridized carbons (Fsp3) is 0.342. The zero-order valence-electron chi connectivity index (χ0n) is 26.0. The molecule has 3 fully saturated rings. The number of carbonyl (C=O) groups is 1. The Hall–Kier alpha value is -4.05. The number of nitrogens with two attached hydrogens (primary N) is 1. The molecule has 4 atom stereocenters. The van der Waals surface area contributed by atoms with Crippen molar-refractivity contribution < 1.29 is 19.4 Å². The highest BCUT2D eigenvalue weighted by atomic mass is 16.7. The summed E-state index contributed by atoms with van der Waals surface area (Å²) in [4.78, 5) is 18.0. The van der Waals surface area contributed by atoms with Gasteiger partial charge in [-0.3, -0.25) is 4.79 Å². The lowest BCUT2D eigenvalue weighted by Crippen LogP contribution is -2.57. The normalized spacial score (nSPS) is 24.7. The van der Waals surface area contributed by atoms with Gasteiger partial charge in [-0.15, -0.1) is 0 Å². The Morgan fingerprint density at radius 1 is 0.783 bits per heavy atom. The summed E-state index contributed by atoms with van der Waals surface area (Å²) in [6.45, 7) is 3.26. The molecular weight excluding hydrogens is 576 g/mol. The molecule has 0 saturated carbocycles. The second-order valence-electron chi connectivity index (χ2n) is 12.6. The van der Waals surface area contributed by atoms with Gasteiger partial charge >= 0.3 is 0 Å². The van der Waals surface area contributed by atoms with Crippen LogP contribution in [-0.2, 0) is 27.4 Å². The maximum Gasteiger partial charge on any atom is 0.247 e. The van der Waals surface area contributed by atoms with Crippen LogP contribution in [0.1, 0.15) is 59.0 Å². The van der Waals surface area contributed by atoms with Crippen LogP contribution in [-0.4, -0.2) is 53.9 Å². The molecule has 0 bridgehead atoms. The highest BCUT2D eigenvalue weighted by molar-refractivity contribution is 5.93. The van der Waals surface area contributed by atoms with Crippen LogP contribution in [0, 0.1) is 0 Å².